The Kier molecular flexibility index (Phi) is 5.91. The number of benzene rings is 1. The number of hydrogen-bond donors (Lipinski definition) is 0. The summed E-state index contributed by atoms with van der Waals surface area (Å²) in [6.07, 6.45) is 1.11. The minimum Gasteiger partial charge on any atom is -0.338 e. The van der Waals surface area contributed by atoms with E-state index in [1.165, 1.54) is 4.68 Å². The first-order valence-electron chi connectivity index (χ1n) is 11.0. The van der Waals surface area contributed by atoms with E-state index in [1.807, 2.05) is 49.1 Å². The van der Waals surface area contributed by atoms with E-state index in [0.717, 1.165) is 37.4 Å². The molecule has 0 bridgehead atoms. The molecule has 1 saturated heterocycles. The predicted molar refractivity (Wildman–Crippen MR) is 121 cm³/mol. The summed E-state index contributed by atoms with van der Waals surface area (Å²) in [6, 6.07) is 9.05. The molecule has 3 heterocycles. The second-order valence-electron chi connectivity index (χ2n) is 8.23. The fraction of sp³-hybridized carbons (Fsp3) is 0.478. The minimum atomic E-state index is -0.659. The molecule has 1 fully saturated rings. The Balaban J connectivity index is 1.67. The van der Waals surface area contributed by atoms with Gasteiger partial charge in [0.05, 0.1) is 22.5 Å². The van der Waals surface area contributed by atoms with Gasteiger partial charge < -0.3 is 4.90 Å². The maximum Gasteiger partial charge on any atom is 0.278 e. The maximum absolute atomic E-state index is 13.4. The van der Waals surface area contributed by atoms with Gasteiger partial charge in [0, 0.05) is 26.2 Å². The lowest BCUT2D eigenvalue weighted by molar-refractivity contribution is -0.136. The van der Waals surface area contributed by atoms with Crippen molar-refractivity contribution in [1.29, 1.82) is 0 Å². The lowest BCUT2D eigenvalue weighted by atomic mass is 10.2. The minimum absolute atomic E-state index is 0.0578. The van der Waals surface area contributed by atoms with E-state index in [4.69, 9.17) is 0 Å². The second kappa shape index (κ2) is 8.63. The third kappa shape index (κ3) is 3.87. The molecule has 0 N–H and O–H groups in total. The number of fused-ring (bicyclic) bond motifs is 1. The number of piperazine rings is 1. The van der Waals surface area contributed by atoms with Crippen LogP contribution in [0.2, 0.25) is 0 Å². The molecule has 1 aromatic carbocycles. The van der Waals surface area contributed by atoms with Crippen LogP contribution in [0.25, 0.3) is 16.6 Å². The van der Waals surface area contributed by atoms with Crippen molar-refractivity contribution in [2.24, 2.45) is 0 Å². The molecule has 3 aromatic rings. The summed E-state index contributed by atoms with van der Waals surface area (Å²) in [5.74, 6) is -0.0578. The molecular weight excluding hydrogens is 392 g/mol. The van der Waals surface area contributed by atoms with Crippen molar-refractivity contribution < 1.29 is 4.79 Å². The molecule has 0 unspecified atom stereocenters. The number of hydrogen-bond acceptors (Lipinski definition) is 5. The van der Waals surface area contributed by atoms with Crippen LogP contribution >= 0.6 is 0 Å². The van der Waals surface area contributed by atoms with Crippen molar-refractivity contribution in [3.8, 4) is 5.69 Å². The molecule has 0 radical (unpaired) electrons. The molecule has 1 amide bonds. The number of aromatic nitrogens is 4. The summed E-state index contributed by atoms with van der Waals surface area (Å²) in [6.45, 7) is 11.8. The zero-order valence-corrected chi connectivity index (χ0v) is 18.7. The normalized spacial score (nSPS) is 16.1. The quantitative estimate of drug-likeness (QED) is 0.631. The molecule has 1 aliphatic rings. The van der Waals surface area contributed by atoms with Gasteiger partial charge in [0.2, 0.25) is 5.91 Å². The Morgan fingerprint density at radius 2 is 1.74 bits per heavy atom. The van der Waals surface area contributed by atoms with E-state index in [9.17, 15) is 9.59 Å². The van der Waals surface area contributed by atoms with Crippen LogP contribution in [0.4, 0.5) is 0 Å². The van der Waals surface area contributed by atoms with Crippen molar-refractivity contribution in [2.75, 3.05) is 32.7 Å². The van der Waals surface area contributed by atoms with E-state index in [0.29, 0.717) is 29.7 Å². The van der Waals surface area contributed by atoms with Crippen molar-refractivity contribution in [3.63, 3.8) is 0 Å². The first-order valence-corrected chi connectivity index (χ1v) is 11.0. The summed E-state index contributed by atoms with van der Waals surface area (Å²) < 4.78 is 3.10. The molecule has 1 atom stereocenters. The second-order valence-corrected chi connectivity index (χ2v) is 8.23. The SMILES string of the molecule is CCCN1CCN(C(=O)[C@H](C)n2nc(C)c3nn(-c4ccccc4)c(C)c3c2=O)CC1. The van der Waals surface area contributed by atoms with Gasteiger partial charge in [-0.2, -0.15) is 10.2 Å². The number of nitrogens with zero attached hydrogens (tertiary/aromatic N) is 6. The average Bonchev–Trinajstić information content (AvgIpc) is 3.14. The summed E-state index contributed by atoms with van der Waals surface area (Å²) in [5.41, 5.74) is 2.58. The van der Waals surface area contributed by atoms with E-state index >= 15 is 0 Å². The van der Waals surface area contributed by atoms with Crippen LogP contribution < -0.4 is 5.56 Å². The lowest BCUT2D eigenvalue weighted by Gasteiger charge is -2.35. The Morgan fingerprint density at radius 1 is 1.06 bits per heavy atom. The van der Waals surface area contributed by atoms with Crippen molar-refractivity contribution in [2.45, 2.75) is 40.2 Å². The van der Waals surface area contributed by atoms with Gasteiger partial charge in [0.1, 0.15) is 11.6 Å². The fourth-order valence-electron chi connectivity index (χ4n) is 4.34. The van der Waals surface area contributed by atoms with Crippen LogP contribution in [0, 0.1) is 13.8 Å². The van der Waals surface area contributed by atoms with Gasteiger partial charge in [0.25, 0.3) is 5.56 Å². The summed E-state index contributed by atoms with van der Waals surface area (Å²) in [4.78, 5) is 30.8. The van der Waals surface area contributed by atoms with Crippen LogP contribution in [-0.2, 0) is 4.79 Å². The highest BCUT2D eigenvalue weighted by molar-refractivity contribution is 5.84. The Morgan fingerprint density at radius 3 is 2.39 bits per heavy atom. The molecule has 0 saturated carbocycles. The Bertz CT molecular complexity index is 1140. The summed E-state index contributed by atoms with van der Waals surface area (Å²) in [7, 11) is 0. The number of carbonyl (C=O) groups is 1. The summed E-state index contributed by atoms with van der Waals surface area (Å²) in [5, 5.41) is 9.64. The maximum atomic E-state index is 13.4. The van der Waals surface area contributed by atoms with Gasteiger partial charge >= 0.3 is 0 Å². The van der Waals surface area contributed by atoms with E-state index < -0.39 is 6.04 Å². The Hall–Kier alpha value is -3.00. The summed E-state index contributed by atoms with van der Waals surface area (Å²) >= 11 is 0. The Labute approximate surface area is 182 Å². The van der Waals surface area contributed by atoms with Gasteiger partial charge in [-0.1, -0.05) is 25.1 Å². The third-order valence-corrected chi connectivity index (χ3v) is 6.09. The molecule has 4 rings (SSSR count). The van der Waals surface area contributed by atoms with Gasteiger partial charge in [0.15, 0.2) is 0 Å². The average molecular weight is 423 g/mol. The van der Waals surface area contributed by atoms with E-state index in [-0.39, 0.29) is 11.5 Å². The molecule has 1 aliphatic heterocycles. The fourth-order valence-corrected chi connectivity index (χ4v) is 4.34. The highest BCUT2D eigenvalue weighted by atomic mass is 16.2. The first-order chi connectivity index (χ1) is 14.9. The van der Waals surface area contributed by atoms with Crippen LogP contribution in [0.1, 0.15) is 37.7 Å². The molecule has 31 heavy (non-hydrogen) atoms. The lowest BCUT2D eigenvalue weighted by Crippen LogP contribution is -2.51. The number of rotatable bonds is 5. The molecular formula is C23H30N6O2. The number of aryl methyl sites for hydroxylation is 2. The largest absolute Gasteiger partial charge is 0.338 e. The van der Waals surface area contributed by atoms with Gasteiger partial charge in [-0.3, -0.25) is 14.5 Å². The standard InChI is InChI=1S/C23H30N6O2/c1-5-11-26-12-14-27(15-13-26)22(30)18(4)29-23(31)20-17(3)28(19-9-7-6-8-10-19)25-21(20)16(2)24-29/h6-10,18H,5,11-15H2,1-4H3/t18-/m0/s1. The highest BCUT2D eigenvalue weighted by Gasteiger charge is 2.28. The van der Waals surface area contributed by atoms with Crippen molar-refractivity contribution in [3.05, 3.63) is 52.1 Å². The van der Waals surface area contributed by atoms with Crippen LogP contribution in [0.15, 0.2) is 35.1 Å². The number of carbonyl (C=O) groups excluding carboxylic acids is 1. The molecule has 2 aromatic heterocycles. The molecule has 0 aliphatic carbocycles. The van der Waals surface area contributed by atoms with Gasteiger partial charge in [-0.05, 0) is 45.9 Å². The van der Waals surface area contributed by atoms with Crippen LogP contribution in [0.3, 0.4) is 0 Å². The van der Waals surface area contributed by atoms with Crippen molar-refractivity contribution in [1.82, 2.24) is 29.4 Å². The van der Waals surface area contributed by atoms with E-state index in [1.54, 1.807) is 11.6 Å². The third-order valence-electron chi connectivity index (χ3n) is 6.09. The molecule has 8 nitrogen and oxygen atoms in total. The van der Waals surface area contributed by atoms with Crippen molar-refractivity contribution >= 4 is 16.8 Å². The topological polar surface area (TPSA) is 76.3 Å². The van der Waals surface area contributed by atoms with Gasteiger partial charge in [-0.25, -0.2) is 9.36 Å². The molecule has 0 spiro atoms. The zero-order chi connectivity index (χ0) is 22.1. The number of para-hydroxylation sites is 1. The molecule has 164 valence electrons. The number of amides is 1. The highest BCUT2D eigenvalue weighted by Crippen LogP contribution is 2.21. The predicted octanol–water partition coefficient (Wildman–Crippen LogP) is 2.31. The van der Waals surface area contributed by atoms with Gasteiger partial charge in [-0.15, -0.1) is 0 Å². The zero-order valence-electron chi connectivity index (χ0n) is 18.7. The first kappa shape index (κ1) is 21.2. The van der Waals surface area contributed by atoms with E-state index in [2.05, 4.69) is 22.0 Å². The molecule has 8 heteroatoms. The van der Waals surface area contributed by atoms with Crippen LogP contribution in [-0.4, -0.2) is 68.0 Å². The monoisotopic (exact) mass is 422 g/mol. The van der Waals surface area contributed by atoms with Crippen LogP contribution in [0.5, 0.6) is 0 Å². The smallest absolute Gasteiger partial charge is 0.278 e.